The zero-order valence-electron chi connectivity index (χ0n) is 14.5. The van der Waals surface area contributed by atoms with Crippen molar-refractivity contribution >= 4 is 29.3 Å². The third-order valence-electron chi connectivity index (χ3n) is 4.95. The van der Waals surface area contributed by atoms with Gasteiger partial charge in [0.25, 0.3) is 0 Å². The van der Waals surface area contributed by atoms with Crippen LogP contribution in [-0.4, -0.2) is 38.1 Å². The van der Waals surface area contributed by atoms with Gasteiger partial charge in [0.05, 0.1) is 18.0 Å². The SMILES string of the molecule is N#C[C@@]1(C2CC2)CCN(c2ccnc(Nc3cnn(CC(N)=O)c3)n2)C1=O. The number of anilines is 3. The van der Waals surface area contributed by atoms with Gasteiger partial charge >= 0.3 is 0 Å². The summed E-state index contributed by atoms with van der Waals surface area (Å²) in [6.45, 7) is 0.443. The summed E-state index contributed by atoms with van der Waals surface area (Å²) in [5.41, 5.74) is 4.82. The minimum Gasteiger partial charge on any atom is -0.368 e. The fraction of sp³-hybridized carbons (Fsp3) is 0.412. The van der Waals surface area contributed by atoms with Gasteiger partial charge in [-0.15, -0.1) is 0 Å². The first-order valence-corrected chi connectivity index (χ1v) is 8.66. The number of nitriles is 1. The maximum Gasteiger partial charge on any atom is 0.248 e. The van der Waals surface area contributed by atoms with Gasteiger partial charge in [0.2, 0.25) is 17.8 Å². The van der Waals surface area contributed by atoms with Crippen molar-refractivity contribution in [3.63, 3.8) is 0 Å². The van der Waals surface area contributed by atoms with E-state index in [1.165, 1.54) is 10.9 Å². The van der Waals surface area contributed by atoms with E-state index in [4.69, 9.17) is 5.73 Å². The summed E-state index contributed by atoms with van der Waals surface area (Å²) in [5.74, 6) is 0.244. The molecule has 2 aromatic heterocycles. The van der Waals surface area contributed by atoms with Crippen molar-refractivity contribution in [2.75, 3.05) is 16.8 Å². The number of hydrogen-bond acceptors (Lipinski definition) is 7. The van der Waals surface area contributed by atoms with E-state index in [0.717, 1.165) is 12.8 Å². The third kappa shape index (κ3) is 3.08. The number of amides is 2. The molecule has 10 nitrogen and oxygen atoms in total. The Morgan fingerprint density at radius 3 is 3.00 bits per heavy atom. The van der Waals surface area contributed by atoms with Gasteiger partial charge in [-0.2, -0.15) is 15.3 Å². The minimum absolute atomic E-state index is 0.0255. The monoisotopic (exact) mass is 366 g/mol. The number of nitrogens with two attached hydrogens (primary N) is 1. The molecule has 0 aromatic carbocycles. The van der Waals surface area contributed by atoms with Crippen molar-refractivity contribution < 1.29 is 9.59 Å². The molecule has 3 N–H and O–H groups in total. The number of carbonyl (C=O) groups excluding carboxylic acids is 2. The van der Waals surface area contributed by atoms with E-state index >= 15 is 0 Å². The molecule has 0 radical (unpaired) electrons. The fourth-order valence-corrected chi connectivity index (χ4v) is 3.47. The Labute approximate surface area is 155 Å². The average molecular weight is 366 g/mol. The summed E-state index contributed by atoms with van der Waals surface area (Å²) in [4.78, 5) is 33.9. The van der Waals surface area contributed by atoms with Crippen LogP contribution in [0, 0.1) is 22.7 Å². The maximum atomic E-state index is 12.9. The summed E-state index contributed by atoms with van der Waals surface area (Å²) in [6.07, 6.45) is 7.07. The molecule has 0 spiro atoms. The highest BCUT2D eigenvalue weighted by Crippen LogP contribution is 2.51. The predicted octanol–water partition coefficient (Wildman–Crippen LogP) is 0.559. The third-order valence-corrected chi connectivity index (χ3v) is 4.95. The Hall–Kier alpha value is -3.48. The van der Waals surface area contributed by atoms with Crippen LogP contribution in [0.25, 0.3) is 0 Å². The lowest BCUT2D eigenvalue weighted by molar-refractivity contribution is -0.124. The zero-order valence-corrected chi connectivity index (χ0v) is 14.5. The van der Waals surface area contributed by atoms with Gasteiger partial charge in [-0.25, -0.2) is 4.98 Å². The first-order valence-electron chi connectivity index (χ1n) is 8.66. The number of primary amides is 1. The highest BCUT2D eigenvalue weighted by molar-refractivity contribution is 6.01. The highest BCUT2D eigenvalue weighted by atomic mass is 16.2. The van der Waals surface area contributed by atoms with Crippen molar-refractivity contribution in [1.29, 1.82) is 5.26 Å². The van der Waals surface area contributed by atoms with E-state index in [0.29, 0.717) is 30.4 Å². The van der Waals surface area contributed by atoms with E-state index in [1.807, 2.05) is 0 Å². The zero-order chi connectivity index (χ0) is 19.0. The molecule has 3 heterocycles. The largest absolute Gasteiger partial charge is 0.368 e. The Balaban J connectivity index is 1.51. The van der Waals surface area contributed by atoms with Gasteiger partial charge in [-0.05, 0) is 31.2 Å². The molecule has 1 saturated heterocycles. The summed E-state index contributed by atoms with van der Waals surface area (Å²) in [6, 6.07) is 3.92. The second-order valence-electron chi connectivity index (χ2n) is 6.82. The smallest absolute Gasteiger partial charge is 0.248 e. The predicted molar refractivity (Wildman–Crippen MR) is 94.5 cm³/mol. The molecular weight excluding hydrogens is 348 g/mol. The van der Waals surface area contributed by atoms with Gasteiger partial charge in [-0.3, -0.25) is 19.2 Å². The molecule has 2 aromatic rings. The molecule has 27 heavy (non-hydrogen) atoms. The standard InChI is InChI=1S/C17H18N8O2/c18-10-17(11-1-2-11)4-6-25(15(17)27)14-3-5-20-16(23-14)22-12-7-21-24(8-12)9-13(19)26/h3,5,7-8,11H,1-2,4,6,9H2,(H2,19,26)(H,20,22,23)/t17-/m1/s1. The molecule has 2 amide bonds. The van der Waals surface area contributed by atoms with Crippen LogP contribution in [0.2, 0.25) is 0 Å². The van der Waals surface area contributed by atoms with Crippen LogP contribution >= 0.6 is 0 Å². The van der Waals surface area contributed by atoms with E-state index in [-0.39, 0.29) is 18.4 Å². The van der Waals surface area contributed by atoms with Crippen molar-refractivity contribution in [3.05, 3.63) is 24.7 Å². The number of nitrogens with one attached hydrogen (secondary N) is 1. The topological polar surface area (TPSA) is 143 Å². The van der Waals surface area contributed by atoms with Crippen LogP contribution in [0.15, 0.2) is 24.7 Å². The van der Waals surface area contributed by atoms with Crippen LogP contribution in [0.4, 0.5) is 17.5 Å². The molecule has 0 unspecified atom stereocenters. The van der Waals surface area contributed by atoms with Crippen LogP contribution < -0.4 is 16.0 Å². The van der Waals surface area contributed by atoms with Crippen LogP contribution in [0.5, 0.6) is 0 Å². The summed E-state index contributed by atoms with van der Waals surface area (Å²) < 4.78 is 1.40. The number of nitrogens with zero attached hydrogens (tertiary/aromatic N) is 6. The van der Waals surface area contributed by atoms with Gasteiger partial charge < -0.3 is 11.1 Å². The van der Waals surface area contributed by atoms with Crippen molar-refractivity contribution in [2.45, 2.75) is 25.8 Å². The van der Waals surface area contributed by atoms with Crippen LogP contribution in [0.1, 0.15) is 19.3 Å². The quantitative estimate of drug-likeness (QED) is 0.760. The summed E-state index contributed by atoms with van der Waals surface area (Å²) in [5, 5.41) is 16.6. The number of aromatic nitrogens is 4. The molecule has 10 heteroatoms. The molecule has 1 aliphatic carbocycles. The normalized spacial score (nSPS) is 21.9. The first kappa shape index (κ1) is 17.0. The Bertz CT molecular complexity index is 944. The second kappa shape index (κ2) is 6.35. The molecule has 2 fully saturated rings. The Morgan fingerprint density at radius 1 is 1.48 bits per heavy atom. The van der Waals surface area contributed by atoms with E-state index in [9.17, 15) is 14.9 Å². The molecule has 2 aliphatic rings. The average Bonchev–Trinajstić information content (AvgIpc) is 3.32. The summed E-state index contributed by atoms with van der Waals surface area (Å²) in [7, 11) is 0. The Kier molecular flexibility index (Phi) is 3.99. The van der Waals surface area contributed by atoms with Crippen molar-refractivity contribution in [3.8, 4) is 6.07 Å². The minimum atomic E-state index is -0.908. The molecular formula is C17H18N8O2. The van der Waals surface area contributed by atoms with Gasteiger partial charge in [0.1, 0.15) is 17.8 Å². The van der Waals surface area contributed by atoms with E-state index in [2.05, 4.69) is 26.5 Å². The Morgan fingerprint density at radius 2 is 2.30 bits per heavy atom. The number of rotatable bonds is 6. The lowest BCUT2D eigenvalue weighted by Gasteiger charge is -2.20. The highest BCUT2D eigenvalue weighted by Gasteiger charge is 2.57. The van der Waals surface area contributed by atoms with Crippen LogP contribution in [-0.2, 0) is 16.1 Å². The van der Waals surface area contributed by atoms with Crippen molar-refractivity contribution in [2.24, 2.45) is 17.1 Å². The van der Waals surface area contributed by atoms with Gasteiger partial charge in [-0.1, -0.05) is 0 Å². The molecule has 1 aliphatic heterocycles. The van der Waals surface area contributed by atoms with Gasteiger partial charge in [0.15, 0.2) is 0 Å². The first-order chi connectivity index (χ1) is 13.0. The molecule has 4 rings (SSSR count). The number of carbonyl (C=O) groups is 2. The van der Waals surface area contributed by atoms with Gasteiger partial charge in [0, 0.05) is 18.9 Å². The van der Waals surface area contributed by atoms with E-state index < -0.39 is 11.3 Å². The van der Waals surface area contributed by atoms with Crippen LogP contribution in [0.3, 0.4) is 0 Å². The lowest BCUT2D eigenvalue weighted by atomic mass is 9.83. The fourth-order valence-electron chi connectivity index (χ4n) is 3.47. The summed E-state index contributed by atoms with van der Waals surface area (Å²) >= 11 is 0. The lowest BCUT2D eigenvalue weighted by Crippen LogP contribution is -2.35. The molecule has 0 bridgehead atoms. The molecule has 138 valence electrons. The number of hydrogen-bond donors (Lipinski definition) is 2. The second-order valence-corrected chi connectivity index (χ2v) is 6.82. The maximum absolute atomic E-state index is 12.9. The van der Waals surface area contributed by atoms with Crippen molar-refractivity contribution in [1.82, 2.24) is 19.7 Å². The molecule has 1 atom stereocenters. The molecule has 1 saturated carbocycles. The van der Waals surface area contributed by atoms with E-state index in [1.54, 1.807) is 23.4 Å².